The SMILES string of the molecule is COc1ccc(NC(=O)N(Cc2ccc(C(=O)NC[C@@H](O)C(=O)O)cc2)c2ccc(C3CCCCC3)cc2)cc1C(F)(F)F. The quantitative estimate of drug-likeness (QED) is 0.216. The summed E-state index contributed by atoms with van der Waals surface area (Å²) >= 11 is 0. The fraction of sp³-hybridized carbons (Fsp3) is 0.344. The maximum Gasteiger partial charge on any atom is 0.420 e. The lowest BCUT2D eigenvalue weighted by Crippen LogP contribution is -2.36. The molecule has 1 atom stereocenters. The molecule has 1 aliphatic rings. The number of nitrogens with zero attached hydrogens (tertiary/aromatic N) is 1. The van der Waals surface area contributed by atoms with Crippen molar-refractivity contribution < 1.29 is 42.5 Å². The summed E-state index contributed by atoms with van der Waals surface area (Å²) in [4.78, 5) is 38.1. The van der Waals surface area contributed by atoms with Gasteiger partial charge in [-0.05, 0) is 72.4 Å². The minimum atomic E-state index is -4.69. The lowest BCUT2D eigenvalue weighted by Gasteiger charge is -2.26. The molecule has 3 aromatic rings. The molecule has 1 aliphatic carbocycles. The number of urea groups is 1. The van der Waals surface area contributed by atoms with E-state index >= 15 is 0 Å². The molecule has 0 aliphatic heterocycles. The van der Waals surface area contributed by atoms with Gasteiger partial charge in [-0.15, -0.1) is 0 Å². The summed E-state index contributed by atoms with van der Waals surface area (Å²) < 4.78 is 45.6. The lowest BCUT2D eigenvalue weighted by atomic mass is 9.84. The summed E-state index contributed by atoms with van der Waals surface area (Å²) in [5, 5.41) is 23.1. The van der Waals surface area contributed by atoms with Crippen molar-refractivity contribution in [1.82, 2.24) is 5.32 Å². The molecule has 0 radical (unpaired) electrons. The number of ether oxygens (including phenoxy) is 1. The normalized spacial score (nSPS) is 14.4. The van der Waals surface area contributed by atoms with Gasteiger partial charge in [0.2, 0.25) is 0 Å². The fourth-order valence-corrected chi connectivity index (χ4v) is 5.16. The molecule has 234 valence electrons. The van der Waals surface area contributed by atoms with Gasteiger partial charge < -0.3 is 25.6 Å². The Bertz CT molecular complexity index is 1460. The first kappa shape index (κ1) is 32.3. The average Bonchev–Trinajstić information content (AvgIpc) is 3.02. The second-order valence-electron chi connectivity index (χ2n) is 10.6. The average molecular weight is 614 g/mol. The molecule has 1 saturated carbocycles. The first-order valence-electron chi connectivity index (χ1n) is 14.2. The summed E-state index contributed by atoms with van der Waals surface area (Å²) in [6, 6.07) is 16.4. The summed E-state index contributed by atoms with van der Waals surface area (Å²) in [7, 11) is 1.13. The molecule has 44 heavy (non-hydrogen) atoms. The largest absolute Gasteiger partial charge is 0.496 e. The van der Waals surface area contributed by atoms with Crippen LogP contribution in [-0.2, 0) is 17.5 Å². The number of carbonyl (C=O) groups excluding carboxylic acids is 2. The zero-order valence-electron chi connectivity index (χ0n) is 24.1. The summed E-state index contributed by atoms with van der Waals surface area (Å²) in [6.07, 6.45) is -0.703. The summed E-state index contributed by atoms with van der Waals surface area (Å²) in [5.41, 5.74) is 1.42. The third-order valence-corrected chi connectivity index (χ3v) is 7.58. The predicted molar refractivity (Wildman–Crippen MR) is 158 cm³/mol. The van der Waals surface area contributed by atoms with Gasteiger partial charge in [-0.3, -0.25) is 9.69 Å². The van der Waals surface area contributed by atoms with Crippen LogP contribution in [0.5, 0.6) is 5.75 Å². The fourth-order valence-electron chi connectivity index (χ4n) is 5.16. The van der Waals surface area contributed by atoms with E-state index in [1.54, 1.807) is 12.1 Å². The summed E-state index contributed by atoms with van der Waals surface area (Å²) in [5.74, 6) is -1.98. The van der Waals surface area contributed by atoms with Crippen molar-refractivity contribution in [2.75, 3.05) is 23.9 Å². The van der Waals surface area contributed by atoms with Crippen molar-refractivity contribution in [2.24, 2.45) is 0 Å². The minimum absolute atomic E-state index is 0.0243. The van der Waals surface area contributed by atoms with Crippen LogP contribution in [0.3, 0.4) is 0 Å². The standard InChI is InChI=1S/C32H34F3N3O6/c1-44-28-16-13-24(17-26(28)32(33,34)35)37-31(43)38(25-14-11-22(12-15-25)21-5-3-2-4-6-21)19-20-7-9-23(10-8-20)29(40)36-18-27(39)30(41)42/h7-17,21,27,39H,2-6,18-19H2,1H3,(H,36,40)(H,37,43)(H,41,42)/t27-/m1/s1. The Morgan fingerprint density at radius 2 is 1.64 bits per heavy atom. The van der Waals surface area contributed by atoms with Crippen LogP contribution in [0.25, 0.3) is 0 Å². The molecule has 0 spiro atoms. The number of rotatable bonds is 10. The van der Waals surface area contributed by atoms with E-state index in [2.05, 4.69) is 10.6 Å². The maximum absolute atomic E-state index is 13.6. The number of halogens is 3. The van der Waals surface area contributed by atoms with E-state index in [1.165, 1.54) is 35.1 Å². The van der Waals surface area contributed by atoms with E-state index in [-0.39, 0.29) is 23.5 Å². The monoisotopic (exact) mass is 613 g/mol. The first-order chi connectivity index (χ1) is 21.0. The van der Waals surface area contributed by atoms with E-state index in [0.29, 0.717) is 17.2 Å². The van der Waals surface area contributed by atoms with Crippen molar-refractivity contribution in [2.45, 2.75) is 56.8 Å². The van der Waals surface area contributed by atoms with E-state index in [1.807, 2.05) is 24.3 Å². The first-order valence-corrected chi connectivity index (χ1v) is 14.2. The number of methoxy groups -OCH3 is 1. The Balaban J connectivity index is 1.57. The molecular formula is C32H34F3N3O6. The van der Waals surface area contributed by atoms with Gasteiger partial charge >= 0.3 is 18.2 Å². The number of aliphatic hydroxyl groups is 1. The number of carboxylic acids is 1. The van der Waals surface area contributed by atoms with Gasteiger partial charge in [0.25, 0.3) is 5.91 Å². The molecular weight excluding hydrogens is 579 g/mol. The Hall–Kier alpha value is -4.58. The lowest BCUT2D eigenvalue weighted by molar-refractivity contribution is -0.146. The number of carboxylic acid groups (broad SMARTS) is 1. The molecule has 3 aromatic carbocycles. The van der Waals surface area contributed by atoms with Crippen LogP contribution in [0.15, 0.2) is 66.7 Å². The molecule has 3 amide bonds. The second-order valence-corrected chi connectivity index (χ2v) is 10.6. The second kappa shape index (κ2) is 14.3. The Kier molecular flexibility index (Phi) is 10.5. The van der Waals surface area contributed by atoms with Crippen LogP contribution in [-0.4, -0.2) is 47.9 Å². The zero-order chi connectivity index (χ0) is 31.9. The molecule has 0 aromatic heterocycles. The van der Waals surface area contributed by atoms with Crippen molar-refractivity contribution in [3.05, 3.63) is 89.0 Å². The van der Waals surface area contributed by atoms with E-state index < -0.39 is 42.3 Å². The molecule has 12 heteroatoms. The van der Waals surface area contributed by atoms with Crippen molar-refractivity contribution in [3.8, 4) is 5.75 Å². The number of carbonyl (C=O) groups is 3. The van der Waals surface area contributed by atoms with Gasteiger partial charge in [0.15, 0.2) is 6.10 Å². The molecule has 9 nitrogen and oxygen atoms in total. The van der Waals surface area contributed by atoms with Crippen molar-refractivity contribution >= 4 is 29.3 Å². The number of hydrogen-bond donors (Lipinski definition) is 4. The van der Waals surface area contributed by atoms with E-state index in [4.69, 9.17) is 9.84 Å². The molecule has 4 N–H and O–H groups in total. The van der Waals surface area contributed by atoms with Crippen LogP contribution in [0.1, 0.15) is 65.1 Å². The van der Waals surface area contributed by atoms with Gasteiger partial charge in [0, 0.05) is 16.9 Å². The third kappa shape index (κ3) is 8.28. The molecule has 0 heterocycles. The minimum Gasteiger partial charge on any atom is -0.496 e. The Morgan fingerprint density at radius 3 is 2.23 bits per heavy atom. The highest BCUT2D eigenvalue weighted by molar-refractivity contribution is 6.02. The highest BCUT2D eigenvalue weighted by Crippen LogP contribution is 2.38. The number of hydrogen-bond acceptors (Lipinski definition) is 5. The van der Waals surface area contributed by atoms with Gasteiger partial charge in [-0.1, -0.05) is 43.5 Å². The van der Waals surface area contributed by atoms with Crippen LogP contribution in [0.4, 0.5) is 29.3 Å². The number of nitrogens with one attached hydrogen (secondary N) is 2. The maximum atomic E-state index is 13.6. The van der Waals surface area contributed by atoms with Crippen molar-refractivity contribution in [3.63, 3.8) is 0 Å². The number of benzene rings is 3. The van der Waals surface area contributed by atoms with Crippen LogP contribution >= 0.6 is 0 Å². The molecule has 4 rings (SSSR count). The molecule has 1 fully saturated rings. The number of aliphatic hydroxyl groups excluding tert-OH is 1. The van der Waals surface area contributed by atoms with Crippen LogP contribution < -0.4 is 20.3 Å². The third-order valence-electron chi connectivity index (χ3n) is 7.58. The number of amides is 3. The highest BCUT2D eigenvalue weighted by atomic mass is 19.4. The number of aliphatic carboxylic acids is 1. The number of anilines is 2. The Morgan fingerprint density at radius 1 is 0.977 bits per heavy atom. The summed E-state index contributed by atoms with van der Waals surface area (Å²) in [6.45, 7) is -0.446. The zero-order valence-corrected chi connectivity index (χ0v) is 24.1. The Labute approximate surface area is 252 Å². The van der Waals surface area contributed by atoms with E-state index in [0.717, 1.165) is 44.9 Å². The predicted octanol–water partition coefficient (Wildman–Crippen LogP) is 6.18. The van der Waals surface area contributed by atoms with Gasteiger partial charge in [0.1, 0.15) is 5.75 Å². The smallest absolute Gasteiger partial charge is 0.420 e. The topological polar surface area (TPSA) is 128 Å². The molecule has 0 saturated heterocycles. The van der Waals surface area contributed by atoms with Crippen LogP contribution in [0.2, 0.25) is 0 Å². The molecule has 0 unspecified atom stereocenters. The van der Waals surface area contributed by atoms with E-state index in [9.17, 15) is 32.7 Å². The highest BCUT2D eigenvalue weighted by Gasteiger charge is 2.35. The van der Waals surface area contributed by atoms with Crippen molar-refractivity contribution in [1.29, 1.82) is 0 Å². The molecule has 0 bridgehead atoms. The number of alkyl halides is 3. The van der Waals surface area contributed by atoms with Gasteiger partial charge in [-0.25, -0.2) is 9.59 Å². The van der Waals surface area contributed by atoms with Crippen LogP contribution in [0, 0.1) is 0 Å². The van der Waals surface area contributed by atoms with Gasteiger partial charge in [0.05, 0.1) is 25.8 Å². The van der Waals surface area contributed by atoms with Gasteiger partial charge in [-0.2, -0.15) is 13.2 Å².